The summed E-state index contributed by atoms with van der Waals surface area (Å²) in [6.07, 6.45) is 0. The number of ether oxygens (including phenoxy) is 2. The summed E-state index contributed by atoms with van der Waals surface area (Å²) in [6, 6.07) is 7.86. The number of H-pyrrole nitrogens is 1. The first-order valence-electron chi connectivity index (χ1n) is 10.4. The molecule has 0 fully saturated rings. The summed E-state index contributed by atoms with van der Waals surface area (Å²) in [5, 5.41) is 2.71. The van der Waals surface area contributed by atoms with Gasteiger partial charge in [-0.2, -0.15) is 0 Å². The molecule has 0 unspecified atom stereocenters. The molecule has 0 aliphatic heterocycles. The summed E-state index contributed by atoms with van der Waals surface area (Å²) >= 11 is 0. The van der Waals surface area contributed by atoms with Crippen molar-refractivity contribution in [3.05, 3.63) is 46.8 Å². The molecule has 2 N–H and O–H groups in total. The lowest BCUT2D eigenvalue weighted by Crippen LogP contribution is -2.30. The van der Waals surface area contributed by atoms with Crippen molar-refractivity contribution < 1.29 is 23.9 Å². The van der Waals surface area contributed by atoms with Gasteiger partial charge in [-0.05, 0) is 71.4 Å². The molecule has 0 saturated carbocycles. The van der Waals surface area contributed by atoms with E-state index < -0.39 is 24.5 Å². The van der Waals surface area contributed by atoms with Crippen LogP contribution in [0.25, 0.3) is 0 Å². The highest BCUT2D eigenvalue weighted by atomic mass is 16.5. The highest BCUT2D eigenvalue weighted by Crippen LogP contribution is 2.21. The summed E-state index contributed by atoms with van der Waals surface area (Å²) in [6.45, 7) is 12.0. The predicted molar refractivity (Wildman–Crippen MR) is 120 cm³/mol. The van der Waals surface area contributed by atoms with Gasteiger partial charge in [0.15, 0.2) is 6.61 Å². The normalized spacial score (nSPS) is 10.7. The number of anilines is 2. The van der Waals surface area contributed by atoms with Crippen LogP contribution >= 0.6 is 0 Å². The van der Waals surface area contributed by atoms with E-state index >= 15 is 0 Å². The molecule has 0 atom stereocenters. The smallest absolute Gasteiger partial charge is 0.355 e. The van der Waals surface area contributed by atoms with Gasteiger partial charge in [0.05, 0.1) is 12.2 Å². The second-order valence-corrected chi connectivity index (χ2v) is 7.40. The minimum atomic E-state index is -0.711. The number of hydrogen-bond donors (Lipinski definition) is 2. The summed E-state index contributed by atoms with van der Waals surface area (Å²) < 4.78 is 10.1. The number of benzene rings is 1. The van der Waals surface area contributed by atoms with Crippen LogP contribution in [0.15, 0.2) is 24.3 Å². The van der Waals surface area contributed by atoms with Crippen LogP contribution in [0, 0.1) is 13.8 Å². The average molecular weight is 430 g/mol. The molecule has 0 saturated heterocycles. The van der Waals surface area contributed by atoms with E-state index in [0.717, 1.165) is 12.2 Å². The van der Waals surface area contributed by atoms with E-state index in [-0.39, 0.29) is 12.3 Å². The van der Waals surface area contributed by atoms with Crippen LogP contribution in [-0.2, 0) is 14.3 Å². The van der Waals surface area contributed by atoms with Crippen molar-refractivity contribution >= 4 is 29.2 Å². The van der Waals surface area contributed by atoms with Gasteiger partial charge in [0, 0.05) is 29.7 Å². The SMILES string of the molecule is CCOC(=O)c1c(C)[nH]c(C(=O)OCC(=O)Nc2ccc(N(CC)C(C)C)cc2)c1C. The second kappa shape index (κ2) is 10.7. The number of hydrogen-bond acceptors (Lipinski definition) is 6. The third-order valence-corrected chi connectivity index (χ3v) is 4.90. The van der Waals surface area contributed by atoms with Gasteiger partial charge >= 0.3 is 11.9 Å². The first-order valence-corrected chi connectivity index (χ1v) is 10.4. The molecule has 2 aromatic rings. The van der Waals surface area contributed by atoms with Crippen LogP contribution in [0.3, 0.4) is 0 Å². The molecule has 2 rings (SSSR count). The van der Waals surface area contributed by atoms with Gasteiger partial charge < -0.3 is 24.7 Å². The maximum atomic E-state index is 12.4. The molecule has 8 nitrogen and oxygen atoms in total. The largest absolute Gasteiger partial charge is 0.462 e. The van der Waals surface area contributed by atoms with Crippen LogP contribution in [0.5, 0.6) is 0 Å². The van der Waals surface area contributed by atoms with Crippen molar-refractivity contribution in [1.82, 2.24) is 4.98 Å². The highest BCUT2D eigenvalue weighted by molar-refractivity contribution is 5.99. The molecule has 1 amide bonds. The van der Waals surface area contributed by atoms with Gasteiger partial charge in [-0.1, -0.05) is 0 Å². The molecule has 0 aliphatic carbocycles. The second-order valence-electron chi connectivity index (χ2n) is 7.40. The number of aromatic amines is 1. The fraction of sp³-hybridized carbons (Fsp3) is 0.435. The van der Waals surface area contributed by atoms with E-state index in [9.17, 15) is 14.4 Å². The number of aryl methyl sites for hydroxylation is 1. The Morgan fingerprint density at radius 2 is 1.68 bits per heavy atom. The number of carbonyl (C=O) groups is 3. The van der Waals surface area contributed by atoms with E-state index in [0.29, 0.717) is 28.6 Å². The van der Waals surface area contributed by atoms with Crippen LogP contribution in [-0.4, -0.2) is 48.6 Å². The standard InChI is InChI=1S/C23H31N3O5/c1-7-26(14(3)4)18-11-9-17(10-12-18)25-19(27)13-31-23(29)21-15(5)20(16(6)24-21)22(28)30-8-2/h9-12,14,24H,7-8,13H2,1-6H3,(H,25,27). The van der Waals surface area contributed by atoms with E-state index in [1.54, 1.807) is 20.8 Å². The maximum Gasteiger partial charge on any atom is 0.355 e. The topological polar surface area (TPSA) is 101 Å². The fourth-order valence-electron chi connectivity index (χ4n) is 3.45. The van der Waals surface area contributed by atoms with Gasteiger partial charge in [-0.25, -0.2) is 9.59 Å². The van der Waals surface area contributed by atoms with Crippen molar-refractivity contribution in [3.63, 3.8) is 0 Å². The number of esters is 2. The van der Waals surface area contributed by atoms with Gasteiger partial charge in [-0.15, -0.1) is 0 Å². The fourth-order valence-corrected chi connectivity index (χ4v) is 3.45. The zero-order valence-corrected chi connectivity index (χ0v) is 19.0. The Labute approximate surface area is 182 Å². The summed E-state index contributed by atoms with van der Waals surface area (Å²) in [5.41, 5.74) is 3.06. The Balaban J connectivity index is 1.97. The Morgan fingerprint density at radius 3 is 2.23 bits per heavy atom. The first-order chi connectivity index (χ1) is 14.7. The maximum absolute atomic E-state index is 12.4. The third kappa shape index (κ3) is 5.87. The number of rotatable bonds is 9. The monoisotopic (exact) mass is 429 g/mol. The highest BCUT2D eigenvalue weighted by Gasteiger charge is 2.24. The van der Waals surface area contributed by atoms with Crippen molar-refractivity contribution in [2.45, 2.75) is 47.6 Å². The molecular weight excluding hydrogens is 398 g/mol. The Kier molecular flexibility index (Phi) is 8.24. The summed E-state index contributed by atoms with van der Waals surface area (Å²) in [4.78, 5) is 41.7. The van der Waals surface area contributed by atoms with Crippen molar-refractivity contribution in [2.75, 3.05) is 30.0 Å². The van der Waals surface area contributed by atoms with E-state index in [4.69, 9.17) is 9.47 Å². The molecule has 1 aromatic heterocycles. The van der Waals surface area contributed by atoms with Crippen LogP contribution < -0.4 is 10.2 Å². The Hall–Kier alpha value is -3.29. The number of nitrogens with zero attached hydrogens (tertiary/aromatic N) is 1. The lowest BCUT2D eigenvalue weighted by Gasteiger charge is -2.27. The number of aromatic nitrogens is 1. The van der Waals surface area contributed by atoms with Crippen LogP contribution in [0.2, 0.25) is 0 Å². The molecule has 0 spiro atoms. The van der Waals surface area contributed by atoms with E-state index in [1.165, 1.54) is 0 Å². The van der Waals surface area contributed by atoms with Crippen molar-refractivity contribution in [3.8, 4) is 0 Å². The molecule has 31 heavy (non-hydrogen) atoms. The van der Waals surface area contributed by atoms with Crippen LogP contribution in [0.4, 0.5) is 11.4 Å². The third-order valence-electron chi connectivity index (χ3n) is 4.90. The predicted octanol–water partition coefficient (Wildman–Crippen LogP) is 3.84. The molecule has 1 heterocycles. The first kappa shape index (κ1) is 24.0. The van der Waals surface area contributed by atoms with Gasteiger partial charge in [0.2, 0.25) is 0 Å². The Bertz CT molecular complexity index is 931. The zero-order chi connectivity index (χ0) is 23.1. The molecule has 1 aromatic carbocycles. The van der Waals surface area contributed by atoms with Gasteiger partial charge in [0.1, 0.15) is 5.69 Å². The van der Waals surface area contributed by atoms with Gasteiger partial charge in [-0.3, -0.25) is 4.79 Å². The quantitative estimate of drug-likeness (QED) is 0.588. The molecule has 8 heteroatoms. The number of carbonyl (C=O) groups excluding carboxylic acids is 3. The summed E-state index contributed by atoms with van der Waals surface area (Å²) in [7, 11) is 0. The lowest BCUT2D eigenvalue weighted by molar-refractivity contribution is -0.119. The number of nitrogens with one attached hydrogen (secondary N) is 2. The number of amides is 1. The molecule has 0 aliphatic rings. The van der Waals surface area contributed by atoms with Crippen molar-refractivity contribution in [1.29, 1.82) is 0 Å². The van der Waals surface area contributed by atoms with Gasteiger partial charge in [0.25, 0.3) is 5.91 Å². The minimum Gasteiger partial charge on any atom is -0.462 e. The molecule has 0 bridgehead atoms. The molecule has 0 radical (unpaired) electrons. The van der Waals surface area contributed by atoms with Crippen molar-refractivity contribution in [2.24, 2.45) is 0 Å². The zero-order valence-electron chi connectivity index (χ0n) is 19.0. The summed E-state index contributed by atoms with van der Waals surface area (Å²) in [5.74, 6) is -1.67. The molecule has 168 valence electrons. The Morgan fingerprint density at radius 1 is 1.03 bits per heavy atom. The lowest BCUT2D eigenvalue weighted by atomic mass is 10.1. The minimum absolute atomic E-state index is 0.131. The van der Waals surface area contributed by atoms with E-state index in [2.05, 4.69) is 36.0 Å². The van der Waals surface area contributed by atoms with Crippen LogP contribution in [0.1, 0.15) is 59.8 Å². The molecular formula is C23H31N3O5. The van der Waals surface area contributed by atoms with E-state index in [1.807, 2.05) is 24.3 Å². The average Bonchev–Trinajstić information content (AvgIpc) is 3.02.